The van der Waals surface area contributed by atoms with Crippen molar-refractivity contribution in [3.05, 3.63) is 28.0 Å². The second-order valence-corrected chi connectivity index (χ2v) is 5.90. The molecule has 2 unspecified atom stereocenters. The molecule has 2 atom stereocenters. The van der Waals surface area contributed by atoms with Gasteiger partial charge in [-0.1, -0.05) is 23.2 Å². The Hall–Kier alpha value is -0.840. The lowest BCUT2D eigenvalue weighted by molar-refractivity contribution is 0.0929. The van der Waals surface area contributed by atoms with Crippen LogP contribution in [0, 0.1) is 0 Å². The molecule has 1 aromatic heterocycles. The zero-order chi connectivity index (χ0) is 13.4. The SMILES string of the molecule is O=C(NC1CCN2CCCC12)c1cc(Cl)ncc1Cl. The molecule has 2 aliphatic rings. The van der Waals surface area contributed by atoms with Crippen LogP contribution in [0.2, 0.25) is 10.2 Å². The Kier molecular flexibility index (Phi) is 3.65. The summed E-state index contributed by atoms with van der Waals surface area (Å²) < 4.78 is 0. The van der Waals surface area contributed by atoms with Crippen LogP contribution in [0.1, 0.15) is 29.6 Å². The van der Waals surface area contributed by atoms with E-state index >= 15 is 0 Å². The third kappa shape index (κ3) is 2.57. The quantitative estimate of drug-likeness (QED) is 0.853. The van der Waals surface area contributed by atoms with E-state index in [-0.39, 0.29) is 17.1 Å². The lowest BCUT2D eigenvalue weighted by atomic mass is 10.1. The number of nitrogens with one attached hydrogen (secondary N) is 1. The summed E-state index contributed by atoms with van der Waals surface area (Å²) in [5.41, 5.74) is 0.401. The minimum Gasteiger partial charge on any atom is -0.348 e. The van der Waals surface area contributed by atoms with Crippen LogP contribution in [-0.2, 0) is 0 Å². The van der Waals surface area contributed by atoms with Crippen molar-refractivity contribution < 1.29 is 4.79 Å². The highest BCUT2D eigenvalue weighted by Crippen LogP contribution is 2.28. The summed E-state index contributed by atoms with van der Waals surface area (Å²) in [7, 11) is 0. The minimum atomic E-state index is -0.159. The zero-order valence-electron chi connectivity index (χ0n) is 10.4. The molecule has 0 spiro atoms. The van der Waals surface area contributed by atoms with Gasteiger partial charge in [-0.2, -0.15) is 0 Å². The first-order valence-electron chi connectivity index (χ1n) is 6.51. The summed E-state index contributed by atoms with van der Waals surface area (Å²) in [6.07, 6.45) is 4.80. The second-order valence-electron chi connectivity index (χ2n) is 5.10. The second kappa shape index (κ2) is 5.27. The van der Waals surface area contributed by atoms with Gasteiger partial charge in [-0.05, 0) is 31.9 Å². The van der Waals surface area contributed by atoms with Crippen LogP contribution in [0.3, 0.4) is 0 Å². The lowest BCUT2D eigenvalue weighted by Crippen LogP contribution is -2.42. The number of rotatable bonds is 2. The van der Waals surface area contributed by atoms with Gasteiger partial charge in [0.05, 0.1) is 10.6 Å². The predicted molar refractivity (Wildman–Crippen MR) is 74.7 cm³/mol. The first-order valence-corrected chi connectivity index (χ1v) is 7.27. The molecule has 0 aromatic carbocycles. The van der Waals surface area contributed by atoms with Crippen molar-refractivity contribution in [2.75, 3.05) is 13.1 Å². The average Bonchev–Trinajstić information content (AvgIpc) is 2.97. The van der Waals surface area contributed by atoms with E-state index in [1.165, 1.54) is 18.7 Å². The monoisotopic (exact) mass is 299 g/mol. The van der Waals surface area contributed by atoms with Gasteiger partial charge in [-0.3, -0.25) is 9.69 Å². The molecule has 1 N–H and O–H groups in total. The number of fused-ring (bicyclic) bond motifs is 1. The standard InChI is InChI=1S/C13H15Cl2N3O/c14-9-7-16-12(15)6-8(9)13(19)17-10-3-5-18-4-1-2-11(10)18/h6-7,10-11H,1-5H2,(H,17,19). The normalized spacial score (nSPS) is 26.4. The molecule has 1 aromatic rings. The van der Waals surface area contributed by atoms with Gasteiger partial charge in [0.15, 0.2) is 0 Å². The number of hydrogen-bond acceptors (Lipinski definition) is 3. The Morgan fingerprint density at radius 3 is 3.05 bits per heavy atom. The first kappa shape index (κ1) is 13.2. The van der Waals surface area contributed by atoms with E-state index in [4.69, 9.17) is 23.2 Å². The van der Waals surface area contributed by atoms with Gasteiger partial charge in [0, 0.05) is 24.8 Å². The van der Waals surface area contributed by atoms with Crippen molar-refractivity contribution >= 4 is 29.1 Å². The van der Waals surface area contributed by atoms with Crippen LogP contribution < -0.4 is 5.32 Å². The van der Waals surface area contributed by atoms with Gasteiger partial charge in [0.1, 0.15) is 5.15 Å². The molecule has 0 saturated carbocycles. The summed E-state index contributed by atoms with van der Waals surface area (Å²) in [5, 5.41) is 3.70. The van der Waals surface area contributed by atoms with Crippen LogP contribution in [0.4, 0.5) is 0 Å². The fourth-order valence-corrected chi connectivity index (χ4v) is 3.43. The number of carbonyl (C=O) groups is 1. The van der Waals surface area contributed by atoms with Gasteiger partial charge in [0.2, 0.25) is 0 Å². The van der Waals surface area contributed by atoms with Gasteiger partial charge >= 0.3 is 0 Å². The molecule has 2 fully saturated rings. The third-order valence-electron chi connectivity index (χ3n) is 3.99. The number of nitrogens with zero attached hydrogens (tertiary/aromatic N) is 2. The molecular formula is C13H15Cl2N3O. The van der Waals surface area contributed by atoms with Crippen molar-refractivity contribution in [3.63, 3.8) is 0 Å². The molecule has 2 saturated heterocycles. The Labute approximate surface area is 122 Å². The number of hydrogen-bond donors (Lipinski definition) is 1. The Balaban J connectivity index is 1.73. The fraction of sp³-hybridized carbons (Fsp3) is 0.538. The Morgan fingerprint density at radius 2 is 2.21 bits per heavy atom. The number of halogens is 2. The van der Waals surface area contributed by atoms with Crippen molar-refractivity contribution in [1.29, 1.82) is 0 Å². The molecule has 0 radical (unpaired) electrons. The summed E-state index contributed by atoms with van der Waals surface area (Å²) in [4.78, 5) is 18.6. The molecule has 19 heavy (non-hydrogen) atoms. The molecule has 2 aliphatic heterocycles. The molecule has 4 nitrogen and oxygen atoms in total. The van der Waals surface area contributed by atoms with Gasteiger partial charge in [0.25, 0.3) is 5.91 Å². The highest BCUT2D eigenvalue weighted by atomic mass is 35.5. The van der Waals surface area contributed by atoms with E-state index in [0.29, 0.717) is 16.6 Å². The van der Waals surface area contributed by atoms with Gasteiger partial charge in [-0.25, -0.2) is 4.98 Å². The molecule has 0 bridgehead atoms. The van der Waals surface area contributed by atoms with Crippen molar-refractivity contribution in [1.82, 2.24) is 15.2 Å². The van der Waals surface area contributed by atoms with E-state index in [9.17, 15) is 4.79 Å². The van der Waals surface area contributed by atoms with E-state index in [0.717, 1.165) is 25.9 Å². The summed E-state index contributed by atoms with van der Waals surface area (Å²) in [6, 6.07) is 2.22. The van der Waals surface area contributed by atoms with Gasteiger partial charge in [-0.15, -0.1) is 0 Å². The molecular weight excluding hydrogens is 285 g/mol. The Morgan fingerprint density at radius 1 is 1.37 bits per heavy atom. The number of carbonyl (C=O) groups excluding carboxylic acids is 1. The van der Waals surface area contributed by atoms with E-state index in [1.54, 1.807) is 0 Å². The van der Waals surface area contributed by atoms with Crippen LogP contribution in [0.5, 0.6) is 0 Å². The molecule has 3 rings (SSSR count). The fourth-order valence-electron chi connectivity index (χ4n) is 3.08. The maximum absolute atomic E-state index is 12.3. The lowest BCUT2D eigenvalue weighted by Gasteiger charge is -2.21. The maximum Gasteiger partial charge on any atom is 0.253 e. The maximum atomic E-state index is 12.3. The third-order valence-corrected chi connectivity index (χ3v) is 4.50. The van der Waals surface area contributed by atoms with Crippen LogP contribution >= 0.6 is 23.2 Å². The topological polar surface area (TPSA) is 45.2 Å². The molecule has 0 aliphatic carbocycles. The van der Waals surface area contributed by atoms with Crippen molar-refractivity contribution in [2.24, 2.45) is 0 Å². The molecule has 3 heterocycles. The van der Waals surface area contributed by atoms with E-state index in [1.807, 2.05) is 0 Å². The largest absolute Gasteiger partial charge is 0.348 e. The molecule has 1 amide bonds. The first-order chi connectivity index (χ1) is 9.15. The minimum absolute atomic E-state index is 0.159. The smallest absolute Gasteiger partial charge is 0.253 e. The van der Waals surface area contributed by atoms with Crippen molar-refractivity contribution in [2.45, 2.75) is 31.3 Å². The van der Waals surface area contributed by atoms with Crippen LogP contribution in [0.15, 0.2) is 12.3 Å². The van der Waals surface area contributed by atoms with Gasteiger partial charge < -0.3 is 5.32 Å². The highest BCUT2D eigenvalue weighted by molar-refractivity contribution is 6.35. The number of pyridine rings is 1. The number of amides is 1. The summed E-state index contributed by atoms with van der Waals surface area (Å²) >= 11 is 11.8. The van der Waals surface area contributed by atoms with E-state index in [2.05, 4.69) is 15.2 Å². The number of aromatic nitrogens is 1. The van der Waals surface area contributed by atoms with E-state index < -0.39 is 0 Å². The van der Waals surface area contributed by atoms with Crippen LogP contribution in [0.25, 0.3) is 0 Å². The predicted octanol–water partition coefficient (Wildman–Crippen LogP) is 2.35. The van der Waals surface area contributed by atoms with Crippen molar-refractivity contribution in [3.8, 4) is 0 Å². The molecule has 102 valence electrons. The Bertz CT molecular complexity index is 509. The average molecular weight is 300 g/mol. The summed E-state index contributed by atoms with van der Waals surface area (Å²) in [6.45, 7) is 2.22. The zero-order valence-corrected chi connectivity index (χ0v) is 11.9. The molecule has 6 heteroatoms. The highest BCUT2D eigenvalue weighted by Gasteiger charge is 2.38. The van der Waals surface area contributed by atoms with Crippen LogP contribution in [-0.4, -0.2) is 41.0 Å². The summed E-state index contributed by atoms with van der Waals surface area (Å²) in [5.74, 6) is -0.159.